The number of allylic oxidation sites excluding steroid dienone is 2. The molecule has 5 aliphatic rings. The van der Waals surface area contributed by atoms with E-state index in [1.54, 1.807) is 11.8 Å². The van der Waals surface area contributed by atoms with Crippen LogP contribution in [0.2, 0.25) is 0 Å². The largest absolute Gasteiger partial charge is 0.511 e. The van der Waals surface area contributed by atoms with Gasteiger partial charge < -0.3 is 10.2 Å². The summed E-state index contributed by atoms with van der Waals surface area (Å²) >= 11 is 1.66. The number of fused-ring (bicyclic) bond motifs is 7. The van der Waals surface area contributed by atoms with Crippen LogP contribution in [0.25, 0.3) is 0 Å². The van der Waals surface area contributed by atoms with Crippen molar-refractivity contribution in [2.45, 2.75) is 112 Å². The number of aliphatic hydroxyl groups excluding tert-OH is 2. The van der Waals surface area contributed by atoms with Gasteiger partial charge in [0.25, 0.3) is 0 Å². The Morgan fingerprint density at radius 3 is 2.23 bits per heavy atom. The molecule has 5 aliphatic carbocycles. The summed E-state index contributed by atoms with van der Waals surface area (Å²) in [6.45, 7) is 19.4. The van der Waals surface area contributed by atoms with Crippen molar-refractivity contribution < 1.29 is 10.2 Å². The van der Waals surface area contributed by atoms with Gasteiger partial charge in [-0.2, -0.15) is 0 Å². The van der Waals surface area contributed by atoms with E-state index in [-0.39, 0.29) is 16.9 Å². The van der Waals surface area contributed by atoms with Crippen LogP contribution in [0.5, 0.6) is 0 Å². The van der Waals surface area contributed by atoms with Gasteiger partial charge in [-0.1, -0.05) is 46.8 Å². The third-order valence-corrected chi connectivity index (χ3v) is 14.2. The van der Waals surface area contributed by atoms with Gasteiger partial charge in [0.2, 0.25) is 0 Å². The maximum atomic E-state index is 11.5. The fraction of sp³-hybridized carbons (Fsp3) is 0.875. The maximum Gasteiger partial charge on any atom is 0.105 e. The van der Waals surface area contributed by atoms with Crippen molar-refractivity contribution in [3.63, 3.8) is 0 Å². The topological polar surface area (TPSA) is 40.5 Å². The van der Waals surface area contributed by atoms with Gasteiger partial charge in [0.1, 0.15) is 5.76 Å². The zero-order chi connectivity index (χ0) is 25.6. The summed E-state index contributed by atoms with van der Waals surface area (Å²) in [5, 5.41) is 24.5. The number of hydrogen-bond acceptors (Lipinski definition) is 3. The quantitative estimate of drug-likeness (QED) is 0.300. The van der Waals surface area contributed by atoms with E-state index in [9.17, 15) is 10.2 Å². The van der Waals surface area contributed by atoms with Crippen LogP contribution in [0.1, 0.15) is 106 Å². The molecule has 0 radical (unpaired) electrons. The number of rotatable bonds is 3. The highest BCUT2D eigenvalue weighted by Crippen LogP contribution is 2.78. The van der Waals surface area contributed by atoms with E-state index in [1.165, 1.54) is 50.5 Å². The average molecular weight is 501 g/mol. The van der Waals surface area contributed by atoms with Crippen molar-refractivity contribution in [1.29, 1.82) is 0 Å². The molecule has 0 unspecified atom stereocenters. The number of thioether (sulfide) groups is 1. The number of hydrogen-bond donors (Lipinski definition) is 2. The van der Waals surface area contributed by atoms with Crippen LogP contribution in [0.3, 0.4) is 0 Å². The Morgan fingerprint density at radius 2 is 1.57 bits per heavy atom. The first-order valence-corrected chi connectivity index (χ1v) is 15.8. The third kappa shape index (κ3) is 3.25. The Labute approximate surface area is 219 Å². The van der Waals surface area contributed by atoms with Gasteiger partial charge in [-0.25, -0.2) is 0 Å². The summed E-state index contributed by atoms with van der Waals surface area (Å²) < 4.78 is 0. The zero-order valence-electron chi connectivity index (χ0n) is 23.6. The van der Waals surface area contributed by atoms with Gasteiger partial charge in [-0.05, 0) is 129 Å². The first kappa shape index (κ1) is 26.2. The van der Waals surface area contributed by atoms with Crippen molar-refractivity contribution in [3.05, 3.63) is 23.3 Å². The standard InChI is InChI=1S/C32H52O2S/c1-20(2)21-11-16-32(26(34)19-35-8)18-17-30(6)22(27(21)32)9-10-24-29(5)14-13-25(33)28(3,4)23(29)12-15-31(24,30)7/h19,21-25,27,33-34H,1,9-18H2,2-8H3/t21-,22+,23-,24+,25-,27+,29-,30+,31+,32+/m0/s1. The normalized spacial score (nSPS) is 53.2. The van der Waals surface area contributed by atoms with Gasteiger partial charge in [0.15, 0.2) is 0 Å². The lowest BCUT2D eigenvalue weighted by Gasteiger charge is -2.73. The molecular formula is C32H52O2S. The smallest absolute Gasteiger partial charge is 0.105 e. The molecule has 2 nitrogen and oxygen atoms in total. The molecule has 0 saturated heterocycles. The Kier molecular flexibility index (Phi) is 6.21. The minimum atomic E-state index is -0.159. The predicted molar refractivity (Wildman–Crippen MR) is 149 cm³/mol. The van der Waals surface area contributed by atoms with E-state index < -0.39 is 0 Å². The molecule has 0 amide bonds. The Morgan fingerprint density at radius 1 is 0.857 bits per heavy atom. The maximum absolute atomic E-state index is 11.5. The highest BCUT2D eigenvalue weighted by molar-refractivity contribution is 8.01. The van der Waals surface area contributed by atoms with E-state index in [0.29, 0.717) is 45.7 Å². The highest BCUT2D eigenvalue weighted by Gasteiger charge is 2.71. The molecule has 0 aliphatic heterocycles. The SMILES string of the molecule is C=C(C)[C@@H]1CC[C@]2(C(O)=CSC)CC[C@]3(C)[C@H](CC[C@@H]4[C@@]5(C)CC[C@H](O)C(C)(C)[C@@H]5CC[C@]43C)[C@@H]12. The van der Waals surface area contributed by atoms with Crippen LogP contribution >= 0.6 is 11.8 Å². The van der Waals surface area contributed by atoms with Crippen LogP contribution < -0.4 is 0 Å². The molecule has 5 fully saturated rings. The summed E-state index contributed by atoms with van der Waals surface area (Å²) in [7, 11) is 0. The van der Waals surface area contributed by atoms with Gasteiger partial charge in [0, 0.05) is 10.8 Å². The lowest BCUT2D eigenvalue weighted by molar-refractivity contribution is -0.246. The van der Waals surface area contributed by atoms with Crippen molar-refractivity contribution in [2.75, 3.05) is 6.26 Å². The summed E-state index contributed by atoms with van der Waals surface area (Å²) in [5.74, 6) is 3.73. The molecule has 10 atom stereocenters. The Bertz CT molecular complexity index is 907. The van der Waals surface area contributed by atoms with Crippen LogP contribution in [-0.4, -0.2) is 22.6 Å². The van der Waals surface area contributed by atoms with Gasteiger partial charge in [-0.15, -0.1) is 11.8 Å². The van der Waals surface area contributed by atoms with Gasteiger partial charge >= 0.3 is 0 Å². The van der Waals surface area contributed by atoms with Crippen molar-refractivity contribution in [2.24, 2.45) is 56.7 Å². The Balaban J connectivity index is 1.57. The molecule has 2 N–H and O–H groups in total. The van der Waals surface area contributed by atoms with Crippen molar-refractivity contribution in [3.8, 4) is 0 Å². The molecule has 3 heteroatoms. The lowest BCUT2D eigenvalue weighted by Crippen LogP contribution is -2.66. The second-order valence-corrected chi connectivity index (χ2v) is 15.7. The summed E-state index contributed by atoms with van der Waals surface area (Å²) in [5.41, 5.74) is 2.26. The molecule has 0 aromatic heterocycles. The van der Waals surface area contributed by atoms with Crippen LogP contribution in [0, 0.1) is 56.7 Å². The van der Waals surface area contributed by atoms with Crippen molar-refractivity contribution in [1.82, 2.24) is 0 Å². The molecule has 0 aromatic rings. The van der Waals surface area contributed by atoms with E-state index in [2.05, 4.69) is 54.4 Å². The molecule has 5 rings (SSSR count). The average Bonchev–Trinajstić information content (AvgIpc) is 3.19. The van der Waals surface area contributed by atoms with E-state index >= 15 is 0 Å². The zero-order valence-corrected chi connectivity index (χ0v) is 24.4. The van der Waals surface area contributed by atoms with Gasteiger partial charge in [-0.3, -0.25) is 0 Å². The molecule has 0 spiro atoms. The van der Waals surface area contributed by atoms with Crippen LogP contribution in [0.15, 0.2) is 23.3 Å². The summed E-state index contributed by atoms with van der Waals surface area (Å²) in [6, 6.07) is 0. The minimum Gasteiger partial charge on any atom is -0.511 e. The molecule has 5 saturated carbocycles. The second-order valence-electron chi connectivity index (χ2n) is 15.0. The third-order valence-electron chi connectivity index (χ3n) is 13.8. The fourth-order valence-corrected chi connectivity index (χ4v) is 12.3. The van der Waals surface area contributed by atoms with Crippen LogP contribution in [0.4, 0.5) is 0 Å². The fourth-order valence-electron chi connectivity index (χ4n) is 11.8. The molecular weight excluding hydrogens is 448 g/mol. The van der Waals surface area contributed by atoms with E-state index in [4.69, 9.17) is 0 Å². The molecule has 0 aromatic carbocycles. The summed E-state index contributed by atoms with van der Waals surface area (Å²) in [6.07, 6.45) is 13.9. The van der Waals surface area contributed by atoms with Crippen molar-refractivity contribution >= 4 is 11.8 Å². The highest BCUT2D eigenvalue weighted by atomic mass is 32.2. The van der Waals surface area contributed by atoms with E-state index in [0.717, 1.165) is 25.2 Å². The van der Waals surface area contributed by atoms with Gasteiger partial charge in [0.05, 0.1) is 6.10 Å². The van der Waals surface area contributed by atoms with E-state index in [1.807, 2.05) is 5.41 Å². The molecule has 198 valence electrons. The minimum absolute atomic E-state index is 0.0126. The lowest BCUT2D eigenvalue weighted by atomic mass is 9.32. The predicted octanol–water partition coefficient (Wildman–Crippen LogP) is 8.77. The summed E-state index contributed by atoms with van der Waals surface area (Å²) in [4.78, 5) is 0. The first-order valence-electron chi connectivity index (χ1n) is 14.6. The molecule has 35 heavy (non-hydrogen) atoms. The Hall–Kier alpha value is -0.410. The van der Waals surface area contributed by atoms with Crippen LogP contribution in [-0.2, 0) is 0 Å². The molecule has 0 bridgehead atoms. The monoisotopic (exact) mass is 500 g/mol. The second kappa shape index (κ2) is 8.29. The molecule has 0 heterocycles. The first-order chi connectivity index (χ1) is 16.3. The number of aliphatic hydroxyl groups is 2.